The van der Waals surface area contributed by atoms with Crippen LogP contribution in [0.15, 0.2) is 47.4 Å². The number of nitrogens with one attached hydrogen (secondary N) is 1. The van der Waals surface area contributed by atoms with E-state index in [4.69, 9.17) is 0 Å². The number of carbonyl (C=O) groups excluding carboxylic acids is 1. The molecule has 0 aromatic heterocycles. The van der Waals surface area contributed by atoms with Gasteiger partial charge in [-0.25, -0.2) is 8.78 Å². The van der Waals surface area contributed by atoms with E-state index in [0.29, 0.717) is 4.90 Å². The number of benzene rings is 2. The molecule has 2 rings (SSSR count). The van der Waals surface area contributed by atoms with Gasteiger partial charge in [0, 0.05) is 10.6 Å². The first-order valence-corrected chi connectivity index (χ1v) is 7.29. The van der Waals surface area contributed by atoms with Crippen molar-refractivity contribution < 1.29 is 26.7 Å². The number of rotatable bonds is 4. The summed E-state index contributed by atoms with van der Waals surface area (Å²) in [6.07, 6.45) is -4.44. The number of hydrogen-bond acceptors (Lipinski definition) is 2. The lowest BCUT2D eigenvalue weighted by atomic mass is 10.2. The number of thioether (sulfide) groups is 1. The summed E-state index contributed by atoms with van der Waals surface area (Å²) in [6, 6.07) is 7.24. The van der Waals surface area contributed by atoms with Gasteiger partial charge < -0.3 is 5.32 Å². The van der Waals surface area contributed by atoms with Gasteiger partial charge in [0.05, 0.1) is 11.3 Å². The summed E-state index contributed by atoms with van der Waals surface area (Å²) in [6.45, 7) is 0. The summed E-state index contributed by atoms with van der Waals surface area (Å²) in [7, 11) is 0. The molecule has 122 valence electrons. The summed E-state index contributed by atoms with van der Waals surface area (Å²) in [5.74, 6) is -2.56. The Bertz CT molecular complexity index is 700. The standard InChI is InChI=1S/C15H10F5NOS/c16-12-6-5-11(7-13(12)17)23-8-14(22)21-10-3-1-9(2-4-10)15(18,19)20/h1-7H,8H2,(H,21,22). The number of amides is 1. The van der Waals surface area contributed by atoms with Gasteiger partial charge in [0.15, 0.2) is 11.6 Å². The van der Waals surface area contributed by atoms with Crippen molar-refractivity contribution >= 4 is 23.4 Å². The summed E-state index contributed by atoms with van der Waals surface area (Å²) in [5.41, 5.74) is -0.597. The highest BCUT2D eigenvalue weighted by atomic mass is 32.2. The quantitative estimate of drug-likeness (QED) is 0.641. The predicted molar refractivity (Wildman–Crippen MR) is 77.2 cm³/mol. The van der Waals surface area contributed by atoms with Crippen LogP contribution < -0.4 is 5.32 Å². The summed E-state index contributed by atoms with van der Waals surface area (Å²) >= 11 is 0.979. The lowest BCUT2D eigenvalue weighted by Gasteiger charge is -2.09. The van der Waals surface area contributed by atoms with Crippen LogP contribution in [-0.2, 0) is 11.0 Å². The van der Waals surface area contributed by atoms with E-state index in [0.717, 1.165) is 48.2 Å². The van der Waals surface area contributed by atoms with E-state index < -0.39 is 29.3 Å². The molecule has 0 radical (unpaired) electrons. The smallest absolute Gasteiger partial charge is 0.325 e. The third-order valence-electron chi connectivity index (χ3n) is 2.76. The third kappa shape index (κ3) is 4.95. The molecule has 0 aliphatic carbocycles. The summed E-state index contributed by atoms with van der Waals surface area (Å²) in [5, 5.41) is 2.42. The third-order valence-corrected chi connectivity index (χ3v) is 3.75. The van der Waals surface area contributed by atoms with Crippen LogP contribution in [0, 0.1) is 11.6 Å². The van der Waals surface area contributed by atoms with Gasteiger partial charge >= 0.3 is 6.18 Å². The van der Waals surface area contributed by atoms with Gasteiger partial charge in [-0.2, -0.15) is 13.2 Å². The molecule has 0 unspecified atom stereocenters. The minimum absolute atomic E-state index is 0.0912. The van der Waals surface area contributed by atoms with Gasteiger partial charge in [0.1, 0.15) is 0 Å². The predicted octanol–water partition coefficient (Wildman–Crippen LogP) is 4.71. The highest BCUT2D eigenvalue weighted by molar-refractivity contribution is 8.00. The van der Waals surface area contributed by atoms with Crippen LogP contribution in [0.5, 0.6) is 0 Å². The van der Waals surface area contributed by atoms with Gasteiger partial charge in [-0.05, 0) is 42.5 Å². The number of carbonyl (C=O) groups is 1. The van der Waals surface area contributed by atoms with Gasteiger partial charge in [0.2, 0.25) is 5.91 Å². The van der Waals surface area contributed by atoms with Crippen molar-refractivity contribution in [2.45, 2.75) is 11.1 Å². The van der Waals surface area contributed by atoms with E-state index >= 15 is 0 Å². The summed E-state index contributed by atoms with van der Waals surface area (Å²) < 4.78 is 63.0. The van der Waals surface area contributed by atoms with Crippen molar-refractivity contribution in [1.29, 1.82) is 0 Å². The van der Waals surface area contributed by atoms with E-state index in [1.165, 1.54) is 6.07 Å². The molecule has 0 heterocycles. The number of alkyl halides is 3. The van der Waals surface area contributed by atoms with E-state index in [1.807, 2.05) is 0 Å². The van der Waals surface area contributed by atoms with E-state index in [9.17, 15) is 26.7 Å². The lowest BCUT2D eigenvalue weighted by molar-refractivity contribution is -0.137. The Morgan fingerprint density at radius 2 is 1.65 bits per heavy atom. The van der Waals surface area contributed by atoms with Crippen LogP contribution in [0.4, 0.5) is 27.6 Å². The van der Waals surface area contributed by atoms with E-state index in [-0.39, 0.29) is 11.4 Å². The Labute approximate surface area is 132 Å². The fourth-order valence-corrected chi connectivity index (χ4v) is 2.38. The van der Waals surface area contributed by atoms with Crippen molar-refractivity contribution in [1.82, 2.24) is 0 Å². The number of halogens is 5. The molecule has 0 aliphatic rings. The van der Waals surface area contributed by atoms with Crippen LogP contribution in [0.2, 0.25) is 0 Å². The molecule has 0 aliphatic heterocycles. The maximum Gasteiger partial charge on any atom is 0.416 e. The van der Waals surface area contributed by atoms with E-state index in [1.54, 1.807) is 0 Å². The van der Waals surface area contributed by atoms with Crippen molar-refractivity contribution in [3.63, 3.8) is 0 Å². The van der Waals surface area contributed by atoms with Gasteiger partial charge in [-0.3, -0.25) is 4.79 Å². The van der Waals surface area contributed by atoms with Crippen molar-refractivity contribution in [3.8, 4) is 0 Å². The average molecular weight is 347 g/mol. The topological polar surface area (TPSA) is 29.1 Å². The first kappa shape index (κ1) is 17.3. The van der Waals surface area contributed by atoms with Gasteiger partial charge in [0.25, 0.3) is 0 Å². The van der Waals surface area contributed by atoms with E-state index in [2.05, 4.69) is 5.32 Å². The highest BCUT2D eigenvalue weighted by Crippen LogP contribution is 2.29. The highest BCUT2D eigenvalue weighted by Gasteiger charge is 2.29. The molecule has 23 heavy (non-hydrogen) atoms. The lowest BCUT2D eigenvalue weighted by Crippen LogP contribution is -2.14. The monoisotopic (exact) mass is 347 g/mol. The Balaban J connectivity index is 1.90. The number of hydrogen-bond donors (Lipinski definition) is 1. The Morgan fingerprint density at radius 1 is 1.00 bits per heavy atom. The molecule has 0 saturated heterocycles. The largest absolute Gasteiger partial charge is 0.416 e. The van der Waals surface area contributed by atoms with Crippen LogP contribution in [0.3, 0.4) is 0 Å². The molecular formula is C15H10F5NOS. The van der Waals surface area contributed by atoms with Gasteiger partial charge in [-0.15, -0.1) is 11.8 Å². The second-order valence-corrected chi connectivity index (χ2v) is 5.54. The van der Waals surface area contributed by atoms with Gasteiger partial charge in [-0.1, -0.05) is 0 Å². The zero-order chi connectivity index (χ0) is 17.0. The Kier molecular flexibility index (Phi) is 5.25. The molecule has 2 aromatic carbocycles. The number of anilines is 1. The molecule has 2 nitrogen and oxygen atoms in total. The molecule has 0 spiro atoms. The Hall–Kier alpha value is -2.09. The fourth-order valence-electron chi connectivity index (χ4n) is 1.66. The zero-order valence-corrected chi connectivity index (χ0v) is 12.3. The average Bonchev–Trinajstić information content (AvgIpc) is 2.48. The summed E-state index contributed by atoms with van der Waals surface area (Å²) in [4.78, 5) is 12.1. The minimum atomic E-state index is -4.44. The van der Waals surface area contributed by atoms with Crippen LogP contribution in [0.25, 0.3) is 0 Å². The van der Waals surface area contributed by atoms with Crippen LogP contribution in [0.1, 0.15) is 5.56 Å². The van der Waals surface area contributed by atoms with Crippen molar-refractivity contribution in [3.05, 3.63) is 59.7 Å². The first-order chi connectivity index (χ1) is 10.8. The molecule has 0 saturated carbocycles. The zero-order valence-electron chi connectivity index (χ0n) is 11.5. The van der Waals surface area contributed by atoms with Crippen molar-refractivity contribution in [2.24, 2.45) is 0 Å². The van der Waals surface area contributed by atoms with Crippen LogP contribution >= 0.6 is 11.8 Å². The minimum Gasteiger partial charge on any atom is -0.325 e. The fraction of sp³-hybridized carbons (Fsp3) is 0.133. The van der Waals surface area contributed by atoms with Crippen molar-refractivity contribution in [2.75, 3.05) is 11.1 Å². The normalized spacial score (nSPS) is 11.3. The second-order valence-electron chi connectivity index (χ2n) is 4.49. The maximum atomic E-state index is 13.0. The molecule has 2 aromatic rings. The molecule has 1 N–H and O–H groups in total. The first-order valence-electron chi connectivity index (χ1n) is 6.30. The Morgan fingerprint density at radius 3 is 2.22 bits per heavy atom. The molecule has 0 bridgehead atoms. The molecular weight excluding hydrogens is 337 g/mol. The SMILES string of the molecule is O=C(CSc1ccc(F)c(F)c1)Nc1ccc(C(F)(F)F)cc1. The molecule has 1 amide bonds. The molecule has 0 fully saturated rings. The maximum absolute atomic E-state index is 13.0. The second kappa shape index (κ2) is 6.99. The van der Waals surface area contributed by atoms with Crippen LogP contribution in [-0.4, -0.2) is 11.7 Å². The molecule has 8 heteroatoms. The molecule has 0 atom stereocenters.